The van der Waals surface area contributed by atoms with Crippen molar-refractivity contribution >= 4 is 12.7 Å². The fourth-order valence-corrected chi connectivity index (χ4v) is 3.46. The van der Waals surface area contributed by atoms with Gasteiger partial charge in [-0.25, -0.2) is 0 Å². The van der Waals surface area contributed by atoms with E-state index in [1.165, 1.54) is 12.1 Å². The van der Waals surface area contributed by atoms with Gasteiger partial charge in [0.05, 0.1) is 4.92 Å². The highest BCUT2D eigenvalue weighted by molar-refractivity contribution is 6.63. The third-order valence-electron chi connectivity index (χ3n) is 4.46. The molecule has 0 N–H and O–H groups in total. The van der Waals surface area contributed by atoms with Gasteiger partial charge in [-0.15, -0.1) is 0 Å². The van der Waals surface area contributed by atoms with Crippen molar-refractivity contribution in [1.82, 2.24) is 0 Å². The number of hydrogen-bond donors (Lipinski definition) is 0. The number of halogens is 3. The van der Waals surface area contributed by atoms with Crippen LogP contribution in [0.25, 0.3) is 0 Å². The number of nitro benzene ring substituents is 1. The van der Waals surface area contributed by atoms with E-state index in [0.717, 1.165) is 5.56 Å². The van der Waals surface area contributed by atoms with Crippen molar-refractivity contribution in [2.45, 2.75) is 30.0 Å². The molecule has 18 heavy (non-hydrogen) atoms. The van der Waals surface area contributed by atoms with E-state index in [0.29, 0.717) is 0 Å². The molecule has 3 saturated carbocycles. The highest BCUT2D eigenvalue weighted by Crippen LogP contribution is 2.82. The zero-order chi connectivity index (χ0) is 13.2. The maximum atomic E-state index is 12.8. The summed E-state index contributed by atoms with van der Waals surface area (Å²) in [6.07, 6.45) is 0.462. The topological polar surface area (TPSA) is 43.1 Å². The van der Waals surface area contributed by atoms with Crippen LogP contribution in [0.1, 0.15) is 24.8 Å². The summed E-state index contributed by atoms with van der Waals surface area (Å²) < 4.78 is 38.3. The Bertz CT molecular complexity index is 506. The van der Waals surface area contributed by atoms with Gasteiger partial charge in [-0.3, -0.25) is 10.1 Å². The lowest BCUT2D eigenvalue weighted by molar-refractivity contribution is -0.384. The van der Waals surface area contributed by atoms with E-state index in [-0.39, 0.29) is 30.4 Å². The highest BCUT2D eigenvalue weighted by Gasteiger charge is 2.74. The summed E-state index contributed by atoms with van der Waals surface area (Å²) in [4.78, 5) is 9.99. The highest BCUT2D eigenvalue weighted by atomic mass is 19.4. The number of hydrogen-bond acceptors (Lipinski definition) is 2. The summed E-state index contributed by atoms with van der Waals surface area (Å²) in [5, 5.41) is 9.08. The predicted octanol–water partition coefficient (Wildman–Crippen LogP) is 3.62. The quantitative estimate of drug-likeness (QED) is 0.471. The van der Waals surface area contributed by atoms with Gasteiger partial charge in [0.15, 0.2) is 0 Å². The number of rotatable bonds is 3. The van der Waals surface area contributed by atoms with E-state index in [1.807, 2.05) is 0 Å². The standard InChI is InChI=1S/C11H10BF3NO2/c13-12(14,15)11-5-10(6-11,7-11)8-1-3-9(4-2-8)16(17)18/h1-4H,5-7H2/q-1. The lowest BCUT2D eigenvalue weighted by Crippen LogP contribution is -2.67. The van der Waals surface area contributed by atoms with Crippen molar-refractivity contribution in [2.75, 3.05) is 0 Å². The lowest BCUT2D eigenvalue weighted by atomic mass is 9.23. The van der Waals surface area contributed by atoms with Crippen molar-refractivity contribution in [3.63, 3.8) is 0 Å². The van der Waals surface area contributed by atoms with Gasteiger partial charge in [-0.2, -0.15) is 0 Å². The molecule has 0 amide bonds. The van der Waals surface area contributed by atoms with Crippen LogP contribution in [0.3, 0.4) is 0 Å². The maximum Gasteiger partial charge on any atom is 0.484 e. The molecule has 0 heterocycles. The summed E-state index contributed by atoms with van der Waals surface area (Å²) in [6.45, 7) is -4.76. The van der Waals surface area contributed by atoms with Gasteiger partial charge in [0.2, 0.25) is 0 Å². The minimum absolute atomic E-state index is 0.0277. The van der Waals surface area contributed by atoms with E-state index < -0.39 is 17.2 Å². The lowest BCUT2D eigenvalue weighted by Gasteiger charge is -2.75. The van der Waals surface area contributed by atoms with Crippen LogP contribution in [-0.4, -0.2) is 11.9 Å². The molecule has 0 aliphatic heterocycles. The fourth-order valence-electron chi connectivity index (χ4n) is 3.46. The summed E-state index contributed by atoms with van der Waals surface area (Å²) in [6, 6.07) is 5.90. The van der Waals surface area contributed by atoms with Gasteiger partial charge >= 0.3 is 6.98 Å². The number of nitrogens with zero attached hydrogens (tertiary/aromatic N) is 1. The molecular weight excluding hydrogens is 246 g/mol. The van der Waals surface area contributed by atoms with Crippen molar-refractivity contribution in [1.29, 1.82) is 0 Å². The van der Waals surface area contributed by atoms with Gasteiger partial charge < -0.3 is 12.9 Å². The average Bonchev–Trinajstić information content (AvgIpc) is 2.11. The molecule has 1 aromatic carbocycles. The zero-order valence-corrected chi connectivity index (χ0v) is 9.41. The Hall–Kier alpha value is -1.53. The normalized spacial score (nSPS) is 33.5. The van der Waals surface area contributed by atoms with Crippen LogP contribution < -0.4 is 0 Å². The van der Waals surface area contributed by atoms with E-state index in [4.69, 9.17) is 0 Å². The van der Waals surface area contributed by atoms with Crippen LogP contribution >= 0.6 is 0 Å². The molecule has 3 fully saturated rings. The van der Waals surface area contributed by atoms with E-state index in [2.05, 4.69) is 0 Å². The Morgan fingerprint density at radius 2 is 1.61 bits per heavy atom. The molecule has 96 valence electrons. The molecule has 2 bridgehead atoms. The maximum absolute atomic E-state index is 12.8. The molecule has 3 aliphatic carbocycles. The van der Waals surface area contributed by atoms with Gasteiger partial charge in [-0.05, 0) is 11.0 Å². The van der Waals surface area contributed by atoms with Crippen LogP contribution in [0, 0.1) is 10.1 Å². The summed E-state index contributed by atoms with van der Waals surface area (Å²) in [7, 11) is 0. The molecule has 0 saturated heterocycles. The molecule has 3 aliphatic rings. The first-order valence-corrected chi connectivity index (χ1v) is 5.72. The van der Waals surface area contributed by atoms with Crippen molar-refractivity contribution in [3.8, 4) is 0 Å². The van der Waals surface area contributed by atoms with Crippen LogP contribution in [0.5, 0.6) is 0 Å². The predicted molar refractivity (Wildman–Crippen MR) is 60.4 cm³/mol. The molecule has 3 nitrogen and oxygen atoms in total. The number of nitro groups is 1. The summed E-state index contributed by atoms with van der Waals surface area (Å²) in [5.41, 5.74) is 0.405. The summed E-state index contributed by atoms with van der Waals surface area (Å²) in [5.74, 6) is 0. The van der Waals surface area contributed by atoms with E-state index >= 15 is 0 Å². The first-order valence-electron chi connectivity index (χ1n) is 5.72. The van der Waals surface area contributed by atoms with Crippen molar-refractivity contribution < 1.29 is 17.9 Å². The molecule has 0 atom stereocenters. The molecule has 0 aromatic heterocycles. The van der Waals surface area contributed by atoms with Crippen LogP contribution in [-0.2, 0) is 5.41 Å². The van der Waals surface area contributed by atoms with Crippen LogP contribution in [0.15, 0.2) is 24.3 Å². The van der Waals surface area contributed by atoms with Crippen molar-refractivity contribution in [3.05, 3.63) is 39.9 Å². The van der Waals surface area contributed by atoms with E-state index in [9.17, 15) is 23.1 Å². The number of non-ortho nitro benzene ring substituents is 1. The third-order valence-corrected chi connectivity index (χ3v) is 4.46. The smallest absolute Gasteiger partial charge is 0.449 e. The Kier molecular flexibility index (Phi) is 1.97. The SMILES string of the molecule is O=[N+]([O-])c1ccc(C23CC([B-](F)(F)F)(C2)C3)cc1. The van der Waals surface area contributed by atoms with Gasteiger partial charge in [0, 0.05) is 12.1 Å². The average molecular weight is 256 g/mol. The Morgan fingerprint density at radius 1 is 1.11 bits per heavy atom. The Balaban J connectivity index is 1.79. The minimum Gasteiger partial charge on any atom is -0.449 e. The zero-order valence-electron chi connectivity index (χ0n) is 9.41. The molecule has 7 heteroatoms. The fraction of sp³-hybridized carbons (Fsp3) is 0.455. The number of benzene rings is 1. The van der Waals surface area contributed by atoms with Gasteiger partial charge in [0.1, 0.15) is 0 Å². The molecule has 0 unspecified atom stereocenters. The Morgan fingerprint density at radius 3 is 2.00 bits per heavy atom. The Labute approximate surface area is 101 Å². The first kappa shape index (κ1) is 11.6. The van der Waals surface area contributed by atoms with Crippen molar-refractivity contribution in [2.24, 2.45) is 0 Å². The van der Waals surface area contributed by atoms with Crippen LogP contribution in [0.4, 0.5) is 18.6 Å². The van der Waals surface area contributed by atoms with E-state index in [1.54, 1.807) is 12.1 Å². The largest absolute Gasteiger partial charge is 0.484 e. The second-order valence-corrected chi connectivity index (χ2v) is 5.55. The molecular formula is C11H10BF3NO2-. The minimum atomic E-state index is -4.76. The summed E-state index contributed by atoms with van der Waals surface area (Å²) >= 11 is 0. The monoisotopic (exact) mass is 256 g/mol. The molecule has 0 spiro atoms. The second-order valence-electron chi connectivity index (χ2n) is 5.55. The first-order chi connectivity index (χ1) is 8.28. The second kappa shape index (κ2) is 3.07. The third kappa shape index (κ3) is 1.27. The molecule has 4 rings (SSSR count). The molecule has 0 radical (unpaired) electrons. The van der Waals surface area contributed by atoms with Gasteiger partial charge in [0.25, 0.3) is 5.69 Å². The molecule has 1 aromatic rings. The van der Waals surface area contributed by atoms with Crippen LogP contribution in [0.2, 0.25) is 5.31 Å². The van der Waals surface area contributed by atoms with Gasteiger partial charge in [-0.1, -0.05) is 36.7 Å².